The topological polar surface area (TPSA) is 84.9 Å². The van der Waals surface area contributed by atoms with Crippen molar-refractivity contribution < 1.29 is 24.2 Å². The lowest BCUT2D eigenvalue weighted by molar-refractivity contribution is -0.139. The Balaban J connectivity index is 2.14. The lowest BCUT2D eigenvalue weighted by atomic mass is 10.0. The summed E-state index contributed by atoms with van der Waals surface area (Å²) in [4.78, 5) is 23.9. The Morgan fingerprint density at radius 3 is 2.58 bits per heavy atom. The number of amides is 1. The van der Waals surface area contributed by atoms with Crippen LogP contribution in [0, 0.1) is 11.8 Å². The lowest BCUT2D eigenvalue weighted by Crippen LogP contribution is -2.41. The summed E-state index contributed by atoms with van der Waals surface area (Å²) in [6, 6.07) is 4.01. The van der Waals surface area contributed by atoms with E-state index in [-0.39, 0.29) is 5.92 Å². The Morgan fingerprint density at radius 2 is 2.04 bits per heavy atom. The molecule has 1 fully saturated rings. The molecule has 1 aliphatic carbocycles. The zero-order valence-electron chi connectivity index (χ0n) is 14.4. The van der Waals surface area contributed by atoms with Gasteiger partial charge in [0.05, 0.1) is 19.3 Å². The second kappa shape index (κ2) is 8.04. The molecular formula is C18H25NO5. The summed E-state index contributed by atoms with van der Waals surface area (Å²) in [6.07, 6.45) is 2.65. The quantitative estimate of drug-likeness (QED) is 0.725. The molecule has 0 heterocycles. The number of rotatable bonds is 9. The van der Waals surface area contributed by atoms with Crippen molar-refractivity contribution in [2.24, 2.45) is 11.8 Å². The van der Waals surface area contributed by atoms with Crippen LogP contribution in [0.2, 0.25) is 0 Å². The normalized spacial score (nSPS) is 15.0. The van der Waals surface area contributed by atoms with E-state index < -0.39 is 17.9 Å². The van der Waals surface area contributed by atoms with Gasteiger partial charge in [-0.3, -0.25) is 4.79 Å². The highest BCUT2D eigenvalue weighted by atomic mass is 16.5. The van der Waals surface area contributed by atoms with Crippen LogP contribution < -0.4 is 14.8 Å². The zero-order chi connectivity index (χ0) is 17.7. The summed E-state index contributed by atoms with van der Waals surface area (Å²) >= 11 is 0. The molecule has 1 atom stereocenters. The second-order valence-electron chi connectivity index (χ2n) is 6.61. The fourth-order valence-electron chi connectivity index (χ4n) is 2.36. The molecule has 0 bridgehead atoms. The predicted octanol–water partition coefficient (Wildman–Crippen LogP) is 2.71. The number of hydrogen-bond donors (Lipinski definition) is 2. The summed E-state index contributed by atoms with van der Waals surface area (Å²) in [5, 5.41) is 11.9. The van der Waals surface area contributed by atoms with Gasteiger partial charge in [-0.1, -0.05) is 13.8 Å². The summed E-state index contributed by atoms with van der Waals surface area (Å²) < 4.78 is 10.9. The Labute approximate surface area is 142 Å². The molecule has 2 rings (SSSR count). The van der Waals surface area contributed by atoms with E-state index in [9.17, 15) is 14.7 Å². The van der Waals surface area contributed by atoms with E-state index in [4.69, 9.17) is 9.47 Å². The van der Waals surface area contributed by atoms with Crippen molar-refractivity contribution in [2.45, 2.75) is 39.2 Å². The number of carboxylic acids is 1. The zero-order valence-corrected chi connectivity index (χ0v) is 14.4. The predicted molar refractivity (Wildman–Crippen MR) is 89.6 cm³/mol. The molecule has 1 saturated carbocycles. The molecule has 1 aliphatic rings. The molecule has 0 saturated heterocycles. The van der Waals surface area contributed by atoms with Crippen molar-refractivity contribution in [3.63, 3.8) is 0 Å². The molecule has 0 spiro atoms. The van der Waals surface area contributed by atoms with Crippen LogP contribution in [0.3, 0.4) is 0 Å². The number of methoxy groups -OCH3 is 1. The van der Waals surface area contributed by atoms with E-state index in [2.05, 4.69) is 5.32 Å². The standard InChI is InChI=1S/C18H25NO5/c1-11(2)8-15(18(21)22)19-17(20)14-7-6-13(23-3)9-16(14)24-10-12-4-5-12/h6-7,9,11-12,15H,4-5,8,10H2,1-3H3,(H,19,20)(H,21,22)/t15-/m1/s1. The van der Waals surface area contributed by atoms with Crippen molar-refractivity contribution >= 4 is 11.9 Å². The SMILES string of the molecule is COc1ccc(C(=O)N[C@H](CC(C)C)C(=O)O)c(OCC2CC2)c1. The van der Waals surface area contributed by atoms with Crippen LogP contribution >= 0.6 is 0 Å². The fraction of sp³-hybridized carbons (Fsp3) is 0.556. The van der Waals surface area contributed by atoms with Crippen molar-refractivity contribution in [1.29, 1.82) is 0 Å². The molecule has 0 unspecified atom stereocenters. The van der Waals surface area contributed by atoms with Crippen LogP contribution in [-0.2, 0) is 4.79 Å². The van der Waals surface area contributed by atoms with Gasteiger partial charge in [-0.25, -0.2) is 4.79 Å². The van der Waals surface area contributed by atoms with Gasteiger partial charge in [-0.2, -0.15) is 0 Å². The second-order valence-corrected chi connectivity index (χ2v) is 6.61. The third kappa shape index (κ3) is 5.15. The molecule has 0 radical (unpaired) electrons. The van der Waals surface area contributed by atoms with Crippen molar-refractivity contribution in [2.75, 3.05) is 13.7 Å². The Morgan fingerprint density at radius 1 is 1.33 bits per heavy atom. The largest absolute Gasteiger partial charge is 0.497 e. The number of carbonyl (C=O) groups excluding carboxylic acids is 1. The molecular weight excluding hydrogens is 310 g/mol. The molecule has 1 aromatic carbocycles. The van der Waals surface area contributed by atoms with Crippen molar-refractivity contribution in [3.8, 4) is 11.5 Å². The minimum atomic E-state index is -1.04. The van der Waals surface area contributed by atoms with Crippen LogP contribution in [0.25, 0.3) is 0 Å². The number of ether oxygens (including phenoxy) is 2. The molecule has 6 nitrogen and oxygen atoms in total. The Kier molecular flexibility index (Phi) is 6.06. The maximum Gasteiger partial charge on any atom is 0.326 e. The summed E-state index contributed by atoms with van der Waals surface area (Å²) in [5.74, 6) is 0.233. The number of carbonyl (C=O) groups is 2. The van der Waals surface area contributed by atoms with Crippen LogP contribution in [0.15, 0.2) is 18.2 Å². The third-order valence-corrected chi connectivity index (χ3v) is 3.92. The molecule has 2 N–H and O–H groups in total. The minimum absolute atomic E-state index is 0.160. The van der Waals surface area contributed by atoms with E-state index in [1.807, 2.05) is 13.8 Å². The monoisotopic (exact) mass is 335 g/mol. The molecule has 6 heteroatoms. The molecule has 24 heavy (non-hydrogen) atoms. The first-order valence-corrected chi connectivity index (χ1v) is 8.25. The third-order valence-electron chi connectivity index (χ3n) is 3.92. The van der Waals surface area contributed by atoms with Gasteiger partial charge in [0.15, 0.2) is 0 Å². The van der Waals surface area contributed by atoms with Gasteiger partial charge in [-0.15, -0.1) is 0 Å². The van der Waals surface area contributed by atoms with Gasteiger partial charge in [-0.05, 0) is 43.2 Å². The van der Waals surface area contributed by atoms with Gasteiger partial charge in [0.1, 0.15) is 17.5 Å². The average molecular weight is 335 g/mol. The van der Waals surface area contributed by atoms with Crippen molar-refractivity contribution in [3.05, 3.63) is 23.8 Å². The Hall–Kier alpha value is -2.24. The molecule has 132 valence electrons. The highest BCUT2D eigenvalue weighted by molar-refractivity contribution is 5.99. The molecule has 0 aliphatic heterocycles. The van der Waals surface area contributed by atoms with Gasteiger partial charge >= 0.3 is 5.97 Å². The van der Waals surface area contributed by atoms with Gasteiger partial charge < -0.3 is 19.9 Å². The van der Waals surface area contributed by atoms with E-state index in [1.54, 1.807) is 25.3 Å². The van der Waals surface area contributed by atoms with E-state index in [0.717, 1.165) is 12.8 Å². The van der Waals surface area contributed by atoms with Gasteiger partial charge in [0.25, 0.3) is 5.91 Å². The smallest absolute Gasteiger partial charge is 0.326 e. The number of benzene rings is 1. The van der Waals surface area contributed by atoms with Crippen LogP contribution in [-0.4, -0.2) is 36.7 Å². The summed E-state index contributed by atoms with van der Waals surface area (Å²) in [7, 11) is 1.54. The first-order chi connectivity index (χ1) is 11.4. The first-order valence-electron chi connectivity index (χ1n) is 8.25. The minimum Gasteiger partial charge on any atom is -0.497 e. The fourth-order valence-corrected chi connectivity index (χ4v) is 2.36. The number of carboxylic acid groups (broad SMARTS) is 1. The van der Waals surface area contributed by atoms with Crippen molar-refractivity contribution in [1.82, 2.24) is 5.32 Å². The first kappa shape index (κ1) is 18.1. The van der Waals surface area contributed by atoms with E-state index in [1.165, 1.54) is 0 Å². The maximum atomic E-state index is 12.5. The number of hydrogen-bond acceptors (Lipinski definition) is 4. The summed E-state index contributed by atoms with van der Waals surface area (Å²) in [5.41, 5.74) is 0.325. The van der Waals surface area contributed by atoms with Gasteiger partial charge in [0.2, 0.25) is 0 Å². The highest BCUT2D eigenvalue weighted by Gasteiger charge is 2.25. The van der Waals surface area contributed by atoms with Crippen LogP contribution in [0.1, 0.15) is 43.5 Å². The number of nitrogens with one attached hydrogen (secondary N) is 1. The van der Waals surface area contributed by atoms with Crippen LogP contribution in [0.4, 0.5) is 0 Å². The molecule has 1 amide bonds. The average Bonchev–Trinajstić information content (AvgIpc) is 3.35. The lowest BCUT2D eigenvalue weighted by Gasteiger charge is -2.18. The summed E-state index contributed by atoms with van der Waals surface area (Å²) in [6.45, 7) is 4.39. The Bertz CT molecular complexity index is 595. The van der Waals surface area contributed by atoms with Crippen LogP contribution in [0.5, 0.6) is 11.5 Å². The van der Waals surface area contributed by atoms with E-state index in [0.29, 0.717) is 36.0 Å². The highest BCUT2D eigenvalue weighted by Crippen LogP contribution is 2.31. The van der Waals surface area contributed by atoms with E-state index >= 15 is 0 Å². The van der Waals surface area contributed by atoms with Gasteiger partial charge in [0, 0.05) is 6.07 Å². The number of aliphatic carboxylic acids is 1. The molecule has 1 aromatic rings. The molecule has 0 aromatic heterocycles. The maximum absolute atomic E-state index is 12.5.